The van der Waals surface area contributed by atoms with Gasteiger partial charge in [-0.05, 0) is 37.1 Å². The molecule has 0 aliphatic carbocycles. The highest BCUT2D eigenvalue weighted by atomic mass is 35.5. The predicted octanol–water partition coefficient (Wildman–Crippen LogP) is 3.95. The summed E-state index contributed by atoms with van der Waals surface area (Å²) in [5.74, 6) is 0.353. The summed E-state index contributed by atoms with van der Waals surface area (Å²) in [6.45, 7) is 2.03. The van der Waals surface area contributed by atoms with Crippen LogP contribution in [0.5, 0.6) is 5.75 Å². The highest BCUT2D eigenvalue weighted by molar-refractivity contribution is 6.31. The Labute approximate surface area is 123 Å². The minimum Gasteiger partial charge on any atom is -0.488 e. The summed E-state index contributed by atoms with van der Waals surface area (Å²) >= 11 is 5.98. The third-order valence-corrected chi connectivity index (χ3v) is 3.30. The lowest BCUT2D eigenvalue weighted by molar-refractivity contribution is 0.296. The van der Waals surface area contributed by atoms with E-state index in [1.807, 2.05) is 31.2 Å². The third-order valence-electron chi connectivity index (χ3n) is 2.95. The fourth-order valence-corrected chi connectivity index (χ4v) is 2.20. The van der Waals surface area contributed by atoms with Gasteiger partial charge in [0, 0.05) is 11.6 Å². The van der Waals surface area contributed by atoms with Crippen molar-refractivity contribution in [1.82, 2.24) is 0 Å². The van der Waals surface area contributed by atoms with Gasteiger partial charge in [-0.25, -0.2) is 4.39 Å². The van der Waals surface area contributed by atoms with Crippen molar-refractivity contribution in [3.05, 3.63) is 64.4 Å². The molecule has 0 radical (unpaired) electrons. The second kappa shape index (κ2) is 6.73. The molecule has 4 heteroatoms. The summed E-state index contributed by atoms with van der Waals surface area (Å²) in [5.41, 5.74) is 7.19. The molecule has 106 valence electrons. The minimum absolute atomic E-state index is 0.0387. The van der Waals surface area contributed by atoms with Crippen LogP contribution >= 0.6 is 11.6 Å². The van der Waals surface area contributed by atoms with E-state index in [1.165, 1.54) is 6.07 Å². The molecule has 0 saturated heterocycles. The smallest absolute Gasteiger partial charge is 0.131 e. The number of rotatable bonds is 5. The van der Waals surface area contributed by atoms with Gasteiger partial charge >= 0.3 is 0 Å². The summed E-state index contributed by atoms with van der Waals surface area (Å²) in [7, 11) is 0. The molecule has 0 amide bonds. The molecule has 2 aromatic rings. The van der Waals surface area contributed by atoms with Crippen molar-refractivity contribution in [2.45, 2.75) is 26.0 Å². The van der Waals surface area contributed by atoms with Gasteiger partial charge in [0.1, 0.15) is 18.2 Å². The van der Waals surface area contributed by atoms with E-state index in [2.05, 4.69) is 0 Å². The molecule has 1 unspecified atom stereocenters. The van der Waals surface area contributed by atoms with E-state index in [0.29, 0.717) is 22.8 Å². The minimum atomic E-state index is -0.359. The number of hydrogen-bond acceptors (Lipinski definition) is 2. The molecule has 0 bridgehead atoms. The van der Waals surface area contributed by atoms with E-state index < -0.39 is 0 Å². The van der Waals surface area contributed by atoms with Crippen LogP contribution in [0, 0.1) is 5.82 Å². The lowest BCUT2D eigenvalue weighted by atomic mass is 10.1. The SMILES string of the molecule is CC(N)Cc1ccccc1OCc1c(F)cccc1Cl. The molecular weight excluding hydrogens is 277 g/mol. The molecule has 1 atom stereocenters. The fourth-order valence-electron chi connectivity index (χ4n) is 1.98. The molecule has 0 fully saturated rings. The molecule has 2 aromatic carbocycles. The highest BCUT2D eigenvalue weighted by Crippen LogP contribution is 2.24. The maximum Gasteiger partial charge on any atom is 0.131 e. The van der Waals surface area contributed by atoms with Crippen molar-refractivity contribution < 1.29 is 9.13 Å². The van der Waals surface area contributed by atoms with Gasteiger partial charge in [0.05, 0.1) is 5.02 Å². The second-order valence-electron chi connectivity index (χ2n) is 4.78. The van der Waals surface area contributed by atoms with Crippen molar-refractivity contribution in [2.24, 2.45) is 5.73 Å². The Morgan fingerprint density at radius 2 is 1.95 bits per heavy atom. The Morgan fingerprint density at radius 1 is 1.20 bits per heavy atom. The molecule has 2 rings (SSSR count). The molecule has 0 aromatic heterocycles. The summed E-state index contributed by atoms with van der Waals surface area (Å²) in [6, 6.07) is 12.3. The Bertz CT molecular complexity index is 566. The van der Waals surface area contributed by atoms with Crippen molar-refractivity contribution in [2.75, 3.05) is 0 Å². The van der Waals surface area contributed by atoms with Crippen molar-refractivity contribution in [3.63, 3.8) is 0 Å². The van der Waals surface area contributed by atoms with Crippen LogP contribution in [-0.4, -0.2) is 6.04 Å². The van der Waals surface area contributed by atoms with E-state index >= 15 is 0 Å². The lowest BCUT2D eigenvalue weighted by Crippen LogP contribution is -2.18. The van der Waals surface area contributed by atoms with Crippen LogP contribution in [0.15, 0.2) is 42.5 Å². The number of hydrogen-bond donors (Lipinski definition) is 1. The first-order valence-corrected chi connectivity index (χ1v) is 6.85. The summed E-state index contributed by atoms with van der Waals surface area (Å²) in [5, 5.41) is 0.370. The van der Waals surface area contributed by atoms with E-state index in [0.717, 1.165) is 5.56 Å². The average molecular weight is 294 g/mol. The van der Waals surface area contributed by atoms with Gasteiger partial charge < -0.3 is 10.5 Å². The molecule has 0 spiro atoms. The molecule has 0 aliphatic rings. The van der Waals surface area contributed by atoms with Crippen LogP contribution in [-0.2, 0) is 13.0 Å². The molecular formula is C16H17ClFNO. The second-order valence-corrected chi connectivity index (χ2v) is 5.19. The summed E-state index contributed by atoms with van der Waals surface area (Å²) in [6.07, 6.45) is 0.710. The first-order chi connectivity index (χ1) is 9.58. The van der Waals surface area contributed by atoms with Gasteiger partial charge in [-0.15, -0.1) is 0 Å². The number of ether oxygens (including phenoxy) is 1. The van der Waals surface area contributed by atoms with Gasteiger partial charge in [-0.2, -0.15) is 0 Å². The summed E-state index contributed by atoms with van der Waals surface area (Å²) < 4.78 is 19.4. The van der Waals surface area contributed by atoms with E-state index in [9.17, 15) is 4.39 Å². The van der Waals surface area contributed by atoms with Crippen LogP contribution in [0.25, 0.3) is 0 Å². The maximum absolute atomic E-state index is 13.7. The number of benzene rings is 2. The Hall–Kier alpha value is -1.58. The van der Waals surface area contributed by atoms with Crippen molar-refractivity contribution in [1.29, 1.82) is 0 Å². The van der Waals surface area contributed by atoms with E-state index in [4.69, 9.17) is 22.1 Å². The normalized spacial score (nSPS) is 12.2. The molecule has 20 heavy (non-hydrogen) atoms. The van der Waals surface area contributed by atoms with Crippen LogP contribution < -0.4 is 10.5 Å². The first kappa shape index (κ1) is 14.8. The van der Waals surface area contributed by atoms with Crippen LogP contribution in [0.2, 0.25) is 5.02 Å². The first-order valence-electron chi connectivity index (χ1n) is 6.47. The van der Waals surface area contributed by atoms with Gasteiger partial charge in [-0.1, -0.05) is 35.9 Å². The lowest BCUT2D eigenvalue weighted by Gasteiger charge is -2.14. The third kappa shape index (κ3) is 3.71. The Balaban J connectivity index is 2.15. The van der Waals surface area contributed by atoms with Gasteiger partial charge in [-0.3, -0.25) is 0 Å². The molecule has 0 saturated carbocycles. The fraction of sp³-hybridized carbons (Fsp3) is 0.250. The zero-order chi connectivity index (χ0) is 14.5. The maximum atomic E-state index is 13.7. The Morgan fingerprint density at radius 3 is 2.65 bits per heavy atom. The number of para-hydroxylation sites is 1. The highest BCUT2D eigenvalue weighted by Gasteiger charge is 2.10. The van der Waals surface area contributed by atoms with E-state index in [-0.39, 0.29) is 18.5 Å². The quantitative estimate of drug-likeness (QED) is 0.906. The average Bonchev–Trinajstić information content (AvgIpc) is 2.39. The van der Waals surface area contributed by atoms with Gasteiger partial charge in [0.25, 0.3) is 0 Å². The Kier molecular flexibility index (Phi) is 4.99. The monoisotopic (exact) mass is 293 g/mol. The van der Waals surface area contributed by atoms with Gasteiger partial charge in [0.2, 0.25) is 0 Å². The van der Waals surface area contributed by atoms with Gasteiger partial charge in [0.15, 0.2) is 0 Å². The molecule has 2 nitrogen and oxygen atoms in total. The van der Waals surface area contributed by atoms with Crippen molar-refractivity contribution in [3.8, 4) is 5.75 Å². The van der Waals surface area contributed by atoms with Crippen LogP contribution in [0.3, 0.4) is 0 Å². The predicted molar refractivity (Wildman–Crippen MR) is 79.5 cm³/mol. The zero-order valence-electron chi connectivity index (χ0n) is 11.3. The number of halogens is 2. The molecule has 0 heterocycles. The largest absolute Gasteiger partial charge is 0.488 e. The standard InChI is InChI=1S/C16H17ClFNO/c1-11(19)9-12-5-2-3-8-16(12)20-10-13-14(17)6-4-7-15(13)18/h2-8,11H,9-10,19H2,1H3. The zero-order valence-corrected chi connectivity index (χ0v) is 12.0. The van der Waals surface area contributed by atoms with Crippen molar-refractivity contribution >= 4 is 11.6 Å². The van der Waals surface area contributed by atoms with E-state index in [1.54, 1.807) is 12.1 Å². The summed E-state index contributed by atoms with van der Waals surface area (Å²) in [4.78, 5) is 0. The number of nitrogens with two attached hydrogens (primary N) is 1. The molecule has 2 N–H and O–H groups in total. The van der Waals surface area contributed by atoms with Crippen LogP contribution in [0.1, 0.15) is 18.1 Å². The molecule has 0 aliphatic heterocycles. The van der Waals surface area contributed by atoms with Crippen LogP contribution in [0.4, 0.5) is 4.39 Å². The topological polar surface area (TPSA) is 35.2 Å².